The SMILES string of the molecule is COc1cc(C#N)c(C)c(C(=O)OC(=O)CCCCCCCCCCCCC(=O)OC(=O)c2cc(OC)cc(C#N)c2C)c1. The summed E-state index contributed by atoms with van der Waals surface area (Å²) in [4.78, 5) is 49.1. The first kappa shape index (κ1) is 35.5. The van der Waals surface area contributed by atoms with E-state index in [1.54, 1.807) is 13.8 Å². The average molecular weight is 605 g/mol. The van der Waals surface area contributed by atoms with Gasteiger partial charge in [0.2, 0.25) is 0 Å². The molecule has 0 N–H and O–H groups in total. The normalized spacial score (nSPS) is 10.3. The second kappa shape index (κ2) is 18.8. The van der Waals surface area contributed by atoms with Crippen LogP contribution in [0.25, 0.3) is 0 Å². The van der Waals surface area contributed by atoms with Gasteiger partial charge in [0, 0.05) is 12.8 Å². The number of methoxy groups -OCH3 is 2. The summed E-state index contributed by atoms with van der Waals surface area (Å²) in [5.74, 6) is -2.06. The van der Waals surface area contributed by atoms with Gasteiger partial charge in [0.15, 0.2) is 0 Å². The van der Waals surface area contributed by atoms with E-state index in [0.29, 0.717) is 35.5 Å². The number of nitriles is 2. The van der Waals surface area contributed by atoms with E-state index in [0.717, 1.165) is 51.4 Å². The van der Waals surface area contributed by atoms with Gasteiger partial charge < -0.3 is 18.9 Å². The maximum absolute atomic E-state index is 12.4. The molecule has 2 rings (SSSR count). The van der Waals surface area contributed by atoms with Crippen LogP contribution >= 0.6 is 0 Å². The maximum Gasteiger partial charge on any atom is 0.346 e. The highest BCUT2D eigenvalue weighted by Gasteiger charge is 2.20. The minimum atomic E-state index is -0.785. The van der Waals surface area contributed by atoms with Crippen LogP contribution in [0.5, 0.6) is 11.5 Å². The van der Waals surface area contributed by atoms with Crippen LogP contribution < -0.4 is 9.47 Å². The fourth-order valence-corrected chi connectivity index (χ4v) is 4.64. The topological polar surface area (TPSA) is 153 Å². The minimum absolute atomic E-state index is 0.139. The van der Waals surface area contributed by atoms with E-state index in [1.807, 2.05) is 12.1 Å². The maximum atomic E-state index is 12.4. The average Bonchev–Trinajstić information content (AvgIpc) is 3.01. The molecule has 0 aliphatic rings. The van der Waals surface area contributed by atoms with Crippen molar-refractivity contribution in [3.63, 3.8) is 0 Å². The third kappa shape index (κ3) is 11.2. The molecule has 0 heterocycles. The fraction of sp³-hybridized carbons (Fsp3) is 0.471. The molecule has 0 spiro atoms. The largest absolute Gasteiger partial charge is 0.497 e. The molecule has 10 nitrogen and oxygen atoms in total. The Bertz CT molecular complexity index is 1310. The van der Waals surface area contributed by atoms with E-state index in [9.17, 15) is 29.7 Å². The molecule has 0 amide bonds. The summed E-state index contributed by atoms with van der Waals surface area (Å²) >= 11 is 0. The monoisotopic (exact) mass is 604 g/mol. The summed E-state index contributed by atoms with van der Waals surface area (Å²) in [5, 5.41) is 18.5. The van der Waals surface area contributed by atoms with E-state index in [2.05, 4.69) is 0 Å². The van der Waals surface area contributed by atoms with Crippen LogP contribution in [0.3, 0.4) is 0 Å². The summed E-state index contributed by atoms with van der Waals surface area (Å²) in [6.07, 6.45) is 9.43. The molecule has 0 atom stereocenters. The number of esters is 4. The first-order chi connectivity index (χ1) is 21.1. The predicted molar refractivity (Wildman–Crippen MR) is 161 cm³/mol. The highest BCUT2D eigenvalue weighted by atomic mass is 16.6. The third-order valence-corrected chi connectivity index (χ3v) is 7.34. The summed E-state index contributed by atoms with van der Waals surface area (Å²) < 4.78 is 20.2. The Labute approximate surface area is 258 Å². The Hall–Kier alpha value is -4.70. The van der Waals surface area contributed by atoms with Crippen molar-refractivity contribution >= 4 is 23.9 Å². The van der Waals surface area contributed by atoms with Crippen LogP contribution in [0.4, 0.5) is 0 Å². The van der Waals surface area contributed by atoms with Crippen molar-refractivity contribution in [2.75, 3.05) is 14.2 Å². The number of hydrogen-bond acceptors (Lipinski definition) is 10. The van der Waals surface area contributed by atoms with E-state index in [4.69, 9.17) is 18.9 Å². The van der Waals surface area contributed by atoms with Gasteiger partial charge in [-0.1, -0.05) is 51.4 Å². The Balaban J connectivity index is 1.53. The zero-order valence-corrected chi connectivity index (χ0v) is 26.0. The number of hydrogen-bond donors (Lipinski definition) is 0. The number of carbonyl (C=O) groups excluding carboxylic acids is 4. The van der Waals surface area contributed by atoms with E-state index >= 15 is 0 Å². The number of carbonyl (C=O) groups is 4. The molecule has 0 aliphatic heterocycles. The summed E-state index contributed by atoms with van der Waals surface area (Å²) in [5.41, 5.74) is 1.74. The minimum Gasteiger partial charge on any atom is -0.497 e. The molecule has 2 aromatic carbocycles. The highest BCUT2D eigenvalue weighted by Crippen LogP contribution is 2.24. The molecular formula is C34H40N2O8. The number of nitrogens with zero attached hydrogens (tertiary/aromatic N) is 2. The van der Waals surface area contributed by atoms with Gasteiger partial charge in [0.05, 0.1) is 48.6 Å². The van der Waals surface area contributed by atoms with Crippen LogP contribution in [0.2, 0.25) is 0 Å². The lowest BCUT2D eigenvalue weighted by Gasteiger charge is -2.09. The molecule has 0 fully saturated rings. The van der Waals surface area contributed by atoms with Crippen LogP contribution in [-0.2, 0) is 19.1 Å². The lowest BCUT2D eigenvalue weighted by molar-refractivity contribution is -0.139. The Kier molecular flexibility index (Phi) is 15.1. The second-order valence-corrected chi connectivity index (χ2v) is 10.5. The third-order valence-electron chi connectivity index (χ3n) is 7.34. The van der Waals surface area contributed by atoms with Gasteiger partial charge in [-0.25, -0.2) is 9.59 Å². The Morgan fingerprint density at radius 2 is 0.886 bits per heavy atom. The molecule has 44 heavy (non-hydrogen) atoms. The van der Waals surface area contributed by atoms with Crippen LogP contribution in [0.1, 0.15) is 120 Å². The van der Waals surface area contributed by atoms with Crippen LogP contribution in [-0.4, -0.2) is 38.1 Å². The van der Waals surface area contributed by atoms with E-state index in [-0.39, 0.29) is 35.1 Å². The molecule has 0 saturated heterocycles. The number of rotatable bonds is 17. The summed E-state index contributed by atoms with van der Waals surface area (Å²) in [6.45, 7) is 3.25. The van der Waals surface area contributed by atoms with E-state index < -0.39 is 23.9 Å². The lowest BCUT2D eigenvalue weighted by Crippen LogP contribution is -2.14. The fourth-order valence-electron chi connectivity index (χ4n) is 4.64. The van der Waals surface area contributed by atoms with Crippen molar-refractivity contribution in [1.29, 1.82) is 10.5 Å². The van der Waals surface area contributed by atoms with Crippen LogP contribution in [0.15, 0.2) is 24.3 Å². The molecule has 0 radical (unpaired) electrons. The number of ether oxygens (including phenoxy) is 4. The smallest absolute Gasteiger partial charge is 0.346 e. The van der Waals surface area contributed by atoms with Crippen molar-refractivity contribution < 1.29 is 38.1 Å². The zero-order valence-electron chi connectivity index (χ0n) is 26.0. The molecular weight excluding hydrogens is 564 g/mol. The first-order valence-corrected chi connectivity index (χ1v) is 14.8. The molecule has 0 bridgehead atoms. The summed E-state index contributed by atoms with van der Waals surface area (Å²) in [6, 6.07) is 9.98. The van der Waals surface area contributed by atoms with Gasteiger partial charge in [-0.3, -0.25) is 9.59 Å². The van der Waals surface area contributed by atoms with Crippen molar-refractivity contribution in [2.24, 2.45) is 0 Å². The molecule has 0 aromatic heterocycles. The van der Waals surface area contributed by atoms with E-state index in [1.165, 1.54) is 38.5 Å². The van der Waals surface area contributed by atoms with Crippen molar-refractivity contribution in [3.05, 3.63) is 57.6 Å². The molecule has 0 saturated carbocycles. The number of benzene rings is 2. The molecule has 234 valence electrons. The Morgan fingerprint density at radius 3 is 1.18 bits per heavy atom. The van der Waals surface area contributed by atoms with Gasteiger partial charge in [0.1, 0.15) is 11.5 Å². The quantitative estimate of drug-likeness (QED) is 0.107. The standard InChI is InChI=1S/C34H40N2O8/c1-23-25(21-35)17-27(41-3)19-29(23)33(39)43-31(37)15-13-11-9-7-5-6-8-10-12-14-16-32(38)44-34(40)30-20-28(42-4)18-26(22-36)24(30)2/h17-20H,5-16H2,1-4H3. The van der Waals surface area contributed by atoms with Gasteiger partial charge in [0.25, 0.3) is 0 Å². The van der Waals surface area contributed by atoms with Crippen molar-refractivity contribution in [1.82, 2.24) is 0 Å². The van der Waals surface area contributed by atoms with Crippen LogP contribution in [0, 0.1) is 36.5 Å². The van der Waals surface area contributed by atoms with Gasteiger partial charge >= 0.3 is 23.9 Å². The second-order valence-electron chi connectivity index (χ2n) is 10.5. The van der Waals surface area contributed by atoms with Gasteiger partial charge in [-0.05, 0) is 62.1 Å². The molecule has 10 heteroatoms. The van der Waals surface area contributed by atoms with Crippen molar-refractivity contribution in [3.8, 4) is 23.6 Å². The van der Waals surface area contributed by atoms with Gasteiger partial charge in [-0.15, -0.1) is 0 Å². The predicted octanol–water partition coefficient (Wildman–Crippen LogP) is 6.81. The molecule has 2 aromatic rings. The molecule has 0 aliphatic carbocycles. The Morgan fingerprint density at radius 1 is 0.568 bits per heavy atom. The highest BCUT2D eigenvalue weighted by molar-refractivity contribution is 5.99. The van der Waals surface area contributed by atoms with Gasteiger partial charge in [-0.2, -0.15) is 10.5 Å². The summed E-state index contributed by atoms with van der Waals surface area (Å²) in [7, 11) is 2.86. The molecule has 0 unspecified atom stereocenters. The first-order valence-electron chi connectivity index (χ1n) is 14.8. The lowest BCUT2D eigenvalue weighted by atomic mass is 10.0. The number of unbranched alkanes of at least 4 members (excludes halogenated alkanes) is 9. The van der Waals surface area contributed by atoms with Crippen molar-refractivity contribution in [2.45, 2.75) is 90.9 Å². The zero-order chi connectivity index (χ0) is 32.5.